The molecule has 2 N–H and O–H groups in total. The van der Waals surface area contributed by atoms with E-state index in [4.69, 9.17) is 0 Å². The monoisotopic (exact) mass is 220 g/mol. The highest BCUT2D eigenvalue weighted by Crippen LogP contribution is 2.22. The maximum atomic E-state index is 11.3. The first-order chi connectivity index (χ1) is 7.70. The lowest BCUT2D eigenvalue weighted by Crippen LogP contribution is -2.01. The number of nitrogens with one attached hydrogen (secondary N) is 1. The number of benzene rings is 1. The van der Waals surface area contributed by atoms with Gasteiger partial charge in [-0.25, -0.2) is 4.79 Å². The molecule has 1 heterocycles. The molecule has 16 heavy (non-hydrogen) atoms. The van der Waals surface area contributed by atoms with Gasteiger partial charge in [0.05, 0.1) is 12.7 Å². The Morgan fingerprint density at radius 1 is 1.44 bits per heavy atom. The number of rotatable bonds is 2. The summed E-state index contributed by atoms with van der Waals surface area (Å²) in [7, 11) is 1.26. The number of nitrogens with zero attached hydrogens (tertiary/aromatic N) is 3. The number of phenolic OH excluding ortho intramolecular Hbond substituents is 1. The van der Waals surface area contributed by atoms with Crippen LogP contribution in [-0.2, 0) is 4.74 Å². The van der Waals surface area contributed by atoms with E-state index in [0.717, 1.165) is 0 Å². The molecule has 0 saturated heterocycles. The van der Waals surface area contributed by atoms with Gasteiger partial charge in [-0.15, -0.1) is 10.2 Å². The number of ether oxygens (including phenoxy) is 1. The Labute approximate surface area is 90.1 Å². The van der Waals surface area contributed by atoms with Gasteiger partial charge in [0.25, 0.3) is 0 Å². The third-order valence-electron chi connectivity index (χ3n) is 1.94. The molecule has 1 aromatic carbocycles. The highest BCUT2D eigenvalue weighted by atomic mass is 16.5. The number of esters is 1. The van der Waals surface area contributed by atoms with Crippen molar-refractivity contribution in [3.05, 3.63) is 23.8 Å². The van der Waals surface area contributed by atoms with Gasteiger partial charge >= 0.3 is 5.97 Å². The summed E-state index contributed by atoms with van der Waals surface area (Å²) in [6.07, 6.45) is 0. The third kappa shape index (κ3) is 1.83. The standard InChI is InChI=1S/C9H8N4O3/c1-16-9(15)6-2-5(3-7(14)4-6)8-10-12-13-11-8/h2-4,14H,1H3,(H,10,11,12,13). The summed E-state index contributed by atoms with van der Waals surface area (Å²) in [5.74, 6) is -0.315. The van der Waals surface area contributed by atoms with Crippen LogP contribution < -0.4 is 0 Å². The normalized spacial score (nSPS) is 10.1. The zero-order valence-corrected chi connectivity index (χ0v) is 8.34. The summed E-state index contributed by atoms with van der Waals surface area (Å²) in [4.78, 5) is 11.3. The van der Waals surface area contributed by atoms with Crippen molar-refractivity contribution in [1.82, 2.24) is 20.6 Å². The largest absolute Gasteiger partial charge is 0.508 e. The molecule has 0 aliphatic rings. The molecule has 0 radical (unpaired) electrons. The van der Waals surface area contributed by atoms with Crippen LogP contribution in [0.1, 0.15) is 10.4 Å². The van der Waals surface area contributed by atoms with Crippen molar-refractivity contribution < 1.29 is 14.6 Å². The lowest BCUT2D eigenvalue weighted by molar-refractivity contribution is 0.0600. The number of carbonyl (C=O) groups is 1. The molecule has 2 rings (SSSR count). The molecule has 0 atom stereocenters. The quantitative estimate of drug-likeness (QED) is 0.708. The molecule has 0 fully saturated rings. The number of H-pyrrole nitrogens is 1. The van der Waals surface area contributed by atoms with E-state index in [2.05, 4.69) is 25.4 Å². The van der Waals surface area contributed by atoms with Crippen LogP contribution in [0.15, 0.2) is 18.2 Å². The highest BCUT2D eigenvalue weighted by molar-refractivity contribution is 5.91. The highest BCUT2D eigenvalue weighted by Gasteiger charge is 2.11. The van der Waals surface area contributed by atoms with Crippen LogP contribution in [0, 0.1) is 0 Å². The van der Waals surface area contributed by atoms with Gasteiger partial charge in [-0.1, -0.05) is 0 Å². The van der Waals surface area contributed by atoms with Crippen molar-refractivity contribution in [2.75, 3.05) is 7.11 Å². The first kappa shape index (κ1) is 10.1. The summed E-state index contributed by atoms with van der Waals surface area (Å²) in [5.41, 5.74) is 0.705. The summed E-state index contributed by atoms with van der Waals surface area (Å²) >= 11 is 0. The predicted octanol–water partition coefficient (Wildman–Crippen LogP) is 0.359. The maximum absolute atomic E-state index is 11.3. The van der Waals surface area contributed by atoms with E-state index in [1.807, 2.05) is 0 Å². The minimum Gasteiger partial charge on any atom is -0.508 e. The van der Waals surface area contributed by atoms with Crippen LogP contribution in [-0.4, -0.2) is 38.8 Å². The maximum Gasteiger partial charge on any atom is 0.338 e. The molecule has 7 heteroatoms. The molecule has 1 aromatic heterocycles. The molecule has 2 aromatic rings. The van der Waals surface area contributed by atoms with Gasteiger partial charge in [0, 0.05) is 5.56 Å². The van der Waals surface area contributed by atoms with E-state index in [9.17, 15) is 9.90 Å². The number of hydrogen-bond donors (Lipinski definition) is 2. The van der Waals surface area contributed by atoms with Crippen molar-refractivity contribution in [1.29, 1.82) is 0 Å². The van der Waals surface area contributed by atoms with Gasteiger partial charge in [-0.2, -0.15) is 5.21 Å². The van der Waals surface area contributed by atoms with Gasteiger partial charge in [0.1, 0.15) is 5.75 Å². The predicted molar refractivity (Wildman–Crippen MR) is 52.6 cm³/mol. The lowest BCUT2D eigenvalue weighted by atomic mass is 10.1. The van der Waals surface area contributed by atoms with Crippen molar-refractivity contribution >= 4 is 5.97 Å². The second kappa shape index (κ2) is 3.97. The minimum atomic E-state index is -0.541. The van der Waals surface area contributed by atoms with Crippen molar-refractivity contribution in [2.45, 2.75) is 0 Å². The molecule has 0 bridgehead atoms. The van der Waals surface area contributed by atoms with E-state index < -0.39 is 5.97 Å². The Balaban J connectivity index is 2.48. The first-order valence-electron chi connectivity index (χ1n) is 4.37. The summed E-state index contributed by atoms with van der Waals surface area (Å²) in [6.45, 7) is 0. The number of aromatic hydroxyl groups is 1. The van der Waals surface area contributed by atoms with E-state index in [1.54, 1.807) is 0 Å². The molecule has 0 unspecified atom stereocenters. The Morgan fingerprint density at radius 3 is 2.88 bits per heavy atom. The van der Waals surface area contributed by atoms with Crippen molar-refractivity contribution in [3.8, 4) is 17.1 Å². The van der Waals surface area contributed by atoms with Gasteiger partial charge in [0.2, 0.25) is 5.82 Å². The van der Waals surface area contributed by atoms with Crippen LogP contribution in [0.5, 0.6) is 5.75 Å². The molecule has 82 valence electrons. The van der Waals surface area contributed by atoms with Gasteiger partial charge < -0.3 is 9.84 Å². The molecule has 0 saturated carbocycles. The van der Waals surface area contributed by atoms with Gasteiger partial charge in [-0.3, -0.25) is 0 Å². The van der Waals surface area contributed by atoms with Gasteiger partial charge in [0.15, 0.2) is 0 Å². The number of tetrazole rings is 1. The lowest BCUT2D eigenvalue weighted by Gasteiger charge is -2.02. The van der Waals surface area contributed by atoms with E-state index in [-0.39, 0.29) is 11.3 Å². The average molecular weight is 220 g/mol. The van der Waals surface area contributed by atoms with Crippen LogP contribution in [0.4, 0.5) is 0 Å². The Bertz CT molecular complexity index is 509. The molecule has 7 nitrogen and oxygen atoms in total. The number of phenols is 1. The SMILES string of the molecule is COC(=O)c1cc(O)cc(-c2nn[nH]n2)c1. The topological polar surface area (TPSA) is 101 Å². The van der Waals surface area contributed by atoms with Gasteiger partial charge in [-0.05, 0) is 23.4 Å². The van der Waals surface area contributed by atoms with Crippen molar-refractivity contribution in [3.63, 3.8) is 0 Å². The average Bonchev–Trinajstić information content (AvgIpc) is 2.80. The molecular weight excluding hydrogens is 212 g/mol. The Hall–Kier alpha value is -2.44. The number of hydrogen-bond acceptors (Lipinski definition) is 6. The zero-order valence-electron chi connectivity index (χ0n) is 8.34. The molecule has 0 aliphatic carbocycles. The second-order valence-corrected chi connectivity index (χ2v) is 3.00. The molecular formula is C9H8N4O3. The van der Waals surface area contributed by atoms with Crippen LogP contribution in [0.25, 0.3) is 11.4 Å². The number of carbonyl (C=O) groups excluding carboxylic acids is 1. The fourth-order valence-electron chi connectivity index (χ4n) is 1.26. The zero-order chi connectivity index (χ0) is 11.5. The Kier molecular flexibility index (Phi) is 2.50. The van der Waals surface area contributed by atoms with Crippen molar-refractivity contribution in [2.24, 2.45) is 0 Å². The van der Waals surface area contributed by atoms with E-state index in [0.29, 0.717) is 11.4 Å². The minimum absolute atomic E-state index is 0.0669. The van der Waals surface area contributed by atoms with Crippen LogP contribution >= 0.6 is 0 Å². The summed E-state index contributed by atoms with van der Waals surface area (Å²) in [6, 6.07) is 4.24. The van der Waals surface area contributed by atoms with E-state index in [1.165, 1.54) is 25.3 Å². The number of methoxy groups -OCH3 is 1. The fourth-order valence-corrected chi connectivity index (χ4v) is 1.26. The van der Waals surface area contributed by atoms with Crippen LogP contribution in [0.3, 0.4) is 0 Å². The van der Waals surface area contributed by atoms with E-state index >= 15 is 0 Å². The Morgan fingerprint density at radius 2 is 2.25 bits per heavy atom. The summed E-state index contributed by atoms with van der Waals surface area (Å²) in [5, 5.41) is 22.6. The summed E-state index contributed by atoms with van der Waals surface area (Å²) < 4.78 is 4.55. The second-order valence-electron chi connectivity index (χ2n) is 3.00. The number of aromatic amines is 1. The molecule has 0 amide bonds. The molecule has 0 aliphatic heterocycles. The van der Waals surface area contributed by atoms with Crippen LogP contribution in [0.2, 0.25) is 0 Å². The molecule has 0 spiro atoms. The smallest absolute Gasteiger partial charge is 0.338 e. The first-order valence-corrected chi connectivity index (χ1v) is 4.37. The third-order valence-corrected chi connectivity index (χ3v) is 1.94. The fraction of sp³-hybridized carbons (Fsp3) is 0.111. The number of aromatic nitrogens is 4.